The zero-order valence-electron chi connectivity index (χ0n) is 17.4. The van der Waals surface area contributed by atoms with E-state index in [-0.39, 0.29) is 12.1 Å². The summed E-state index contributed by atoms with van der Waals surface area (Å²) in [5.41, 5.74) is 2.80. The lowest BCUT2D eigenvalue weighted by Gasteiger charge is -2.28. The van der Waals surface area contributed by atoms with E-state index < -0.39 is 0 Å². The highest BCUT2D eigenvalue weighted by molar-refractivity contribution is 7.09. The molecule has 1 N–H and O–H groups in total. The normalized spacial score (nSPS) is 11.7. The SMILES string of the molecule is CC[C@@H](C)N(Cc1csc(COc2ccc(Cl)cc2)n1)C(=O)Nc1ccc(C)cc1. The fraction of sp³-hybridized carbons (Fsp3) is 0.304. The molecule has 0 spiro atoms. The molecule has 0 fully saturated rings. The molecule has 0 saturated carbocycles. The smallest absolute Gasteiger partial charge is 0.322 e. The number of urea groups is 1. The average Bonchev–Trinajstić information content (AvgIpc) is 3.20. The van der Waals surface area contributed by atoms with Crippen molar-refractivity contribution in [2.24, 2.45) is 0 Å². The number of amides is 2. The highest BCUT2D eigenvalue weighted by Crippen LogP contribution is 2.20. The Hall–Kier alpha value is -2.57. The summed E-state index contributed by atoms with van der Waals surface area (Å²) in [7, 11) is 0. The van der Waals surface area contributed by atoms with Crippen LogP contribution in [0.5, 0.6) is 5.75 Å². The standard InChI is InChI=1S/C23H26ClN3O2S/c1-4-17(3)27(23(28)26-19-9-5-16(2)6-10-19)13-20-15-30-22(25-20)14-29-21-11-7-18(24)8-12-21/h5-12,15,17H,4,13-14H2,1-3H3,(H,26,28)/t17-/m1/s1. The molecule has 0 aliphatic heterocycles. The Morgan fingerprint density at radius 2 is 1.90 bits per heavy atom. The Morgan fingerprint density at radius 1 is 1.20 bits per heavy atom. The number of hydrogen-bond acceptors (Lipinski definition) is 4. The van der Waals surface area contributed by atoms with Gasteiger partial charge >= 0.3 is 6.03 Å². The molecule has 30 heavy (non-hydrogen) atoms. The van der Waals surface area contributed by atoms with Gasteiger partial charge in [0.25, 0.3) is 0 Å². The van der Waals surface area contributed by atoms with E-state index >= 15 is 0 Å². The van der Waals surface area contributed by atoms with Crippen LogP contribution in [0.4, 0.5) is 10.5 Å². The number of halogens is 1. The molecule has 0 aliphatic carbocycles. The summed E-state index contributed by atoms with van der Waals surface area (Å²) in [4.78, 5) is 19.4. The molecule has 0 bridgehead atoms. The van der Waals surface area contributed by atoms with Crippen molar-refractivity contribution in [3.63, 3.8) is 0 Å². The molecule has 2 amide bonds. The minimum absolute atomic E-state index is 0.0888. The largest absolute Gasteiger partial charge is 0.486 e. The number of hydrogen-bond donors (Lipinski definition) is 1. The molecule has 3 aromatic rings. The van der Waals surface area contributed by atoms with E-state index in [1.54, 1.807) is 12.1 Å². The lowest BCUT2D eigenvalue weighted by molar-refractivity contribution is 0.186. The van der Waals surface area contributed by atoms with Gasteiger partial charge in [0.2, 0.25) is 0 Å². The second-order valence-corrected chi connectivity index (χ2v) is 8.54. The first-order chi connectivity index (χ1) is 14.4. The predicted molar refractivity (Wildman–Crippen MR) is 123 cm³/mol. The van der Waals surface area contributed by atoms with Gasteiger partial charge in [-0.3, -0.25) is 0 Å². The van der Waals surface area contributed by atoms with Crippen LogP contribution < -0.4 is 10.1 Å². The van der Waals surface area contributed by atoms with Gasteiger partial charge in [0.15, 0.2) is 0 Å². The molecule has 0 radical (unpaired) electrons. The second-order valence-electron chi connectivity index (χ2n) is 7.16. The maximum atomic E-state index is 12.9. The zero-order chi connectivity index (χ0) is 21.5. The molecular weight excluding hydrogens is 418 g/mol. The Bertz CT molecular complexity index is 957. The number of rotatable bonds is 8. The van der Waals surface area contributed by atoms with Gasteiger partial charge in [-0.2, -0.15) is 0 Å². The Kier molecular flexibility index (Phi) is 7.71. The van der Waals surface area contributed by atoms with Crippen LogP contribution in [0.15, 0.2) is 53.9 Å². The molecular formula is C23H26ClN3O2S. The van der Waals surface area contributed by atoms with Crippen LogP contribution in [0, 0.1) is 6.92 Å². The first-order valence-corrected chi connectivity index (χ1v) is 11.2. The highest BCUT2D eigenvalue weighted by Gasteiger charge is 2.20. The molecule has 158 valence electrons. The number of nitrogens with zero attached hydrogens (tertiary/aromatic N) is 2. The van der Waals surface area contributed by atoms with Crippen molar-refractivity contribution in [2.45, 2.75) is 46.4 Å². The topological polar surface area (TPSA) is 54.5 Å². The van der Waals surface area contributed by atoms with E-state index in [0.717, 1.165) is 34.1 Å². The summed E-state index contributed by atoms with van der Waals surface area (Å²) in [6, 6.07) is 15.0. The summed E-state index contributed by atoms with van der Waals surface area (Å²) in [5.74, 6) is 0.745. The van der Waals surface area contributed by atoms with Gasteiger partial charge in [0.05, 0.1) is 12.2 Å². The first-order valence-electron chi connectivity index (χ1n) is 9.90. The number of nitrogens with one attached hydrogen (secondary N) is 1. The van der Waals surface area contributed by atoms with Crippen LogP contribution in [0.2, 0.25) is 5.02 Å². The van der Waals surface area contributed by atoms with Gasteiger partial charge in [0.1, 0.15) is 17.4 Å². The van der Waals surface area contributed by atoms with Crippen molar-refractivity contribution >= 4 is 34.7 Å². The molecule has 1 heterocycles. The van der Waals surface area contributed by atoms with Crippen molar-refractivity contribution in [3.8, 4) is 5.75 Å². The van der Waals surface area contributed by atoms with Crippen LogP contribution in [-0.2, 0) is 13.2 Å². The van der Waals surface area contributed by atoms with Crippen LogP contribution >= 0.6 is 22.9 Å². The molecule has 0 aliphatic rings. The number of carbonyl (C=O) groups excluding carboxylic acids is 1. The number of aryl methyl sites for hydroxylation is 1. The fourth-order valence-electron chi connectivity index (χ4n) is 2.82. The van der Waals surface area contributed by atoms with Gasteiger partial charge in [-0.15, -0.1) is 11.3 Å². The zero-order valence-corrected chi connectivity index (χ0v) is 19.0. The van der Waals surface area contributed by atoms with Crippen LogP contribution in [0.1, 0.15) is 36.5 Å². The summed E-state index contributed by atoms with van der Waals surface area (Å²) >= 11 is 7.43. The third-order valence-electron chi connectivity index (χ3n) is 4.79. The lowest BCUT2D eigenvalue weighted by atomic mass is 10.2. The van der Waals surface area contributed by atoms with Gasteiger partial charge in [-0.1, -0.05) is 36.2 Å². The van der Waals surface area contributed by atoms with E-state index in [1.165, 1.54) is 11.3 Å². The number of anilines is 1. The number of ether oxygens (including phenoxy) is 1. The Labute approximate surface area is 186 Å². The molecule has 0 saturated heterocycles. The van der Waals surface area contributed by atoms with Gasteiger partial charge in [-0.25, -0.2) is 9.78 Å². The van der Waals surface area contributed by atoms with E-state index in [0.29, 0.717) is 18.2 Å². The number of benzene rings is 2. The quantitative estimate of drug-likeness (QED) is 0.431. The van der Waals surface area contributed by atoms with E-state index in [9.17, 15) is 4.79 Å². The third-order valence-corrected chi connectivity index (χ3v) is 5.92. The number of carbonyl (C=O) groups is 1. The van der Waals surface area contributed by atoms with Crippen molar-refractivity contribution in [3.05, 3.63) is 75.2 Å². The fourth-order valence-corrected chi connectivity index (χ4v) is 3.64. The van der Waals surface area contributed by atoms with Crippen LogP contribution in [0.3, 0.4) is 0 Å². The van der Waals surface area contributed by atoms with Crippen molar-refractivity contribution in [1.29, 1.82) is 0 Å². The molecule has 1 atom stereocenters. The molecule has 3 rings (SSSR count). The van der Waals surface area contributed by atoms with E-state index in [1.807, 2.05) is 60.5 Å². The van der Waals surface area contributed by atoms with Crippen LogP contribution in [-0.4, -0.2) is 22.0 Å². The Balaban J connectivity index is 1.62. The monoisotopic (exact) mass is 443 g/mol. The maximum Gasteiger partial charge on any atom is 0.322 e. The van der Waals surface area contributed by atoms with Crippen molar-refractivity contribution in [2.75, 3.05) is 5.32 Å². The van der Waals surface area contributed by atoms with E-state index in [2.05, 4.69) is 17.2 Å². The molecule has 5 nitrogen and oxygen atoms in total. The Morgan fingerprint density at radius 3 is 2.57 bits per heavy atom. The minimum atomic E-state index is -0.125. The van der Waals surface area contributed by atoms with Gasteiger partial charge in [-0.05, 0) is 56.7 Å². The number of aromatic nitrogens is 1. The molecule has 1 aromatic heterocycles. The third kappa shape index (κ3) is 6.21. The molecule has 7 heteroatoms. The minimum Gasteiger partial charge on any atom is -0.486 e. The summed E-state index contributed by atoms with van der Waals surface area (Å²) < 4.78 is 5.77. The molecule has 2 aromatic carbocycles. The van der Waals surface area contributed by atoms with Crippen molar-refractivity contribution in [1.82, 2.24) is 9.88 Å². The first kappa shape index (κ1) is 22.1. The lowest BCUT2D eigenvalue weighted by Crippen LogP contribution is -2.40. The summed E-state index contributed by atoms with van der Waals surface area (Å²) in [6.07, 6.45) is 0.859. The molecule has 0 unspecified atom stereocenters. The van der Waals surface area contributed by atoms with Crippen molar-refractivity contribution < 1.29 is 9.53 Å². The van der Waals surface area contributed by atoms with Gasteiger partial charge in [0, 0.05) is 22.1 Å². The summed E-state index contributed by atoms with van der Waals surface area (Å²) in [5, 5.41) is 6.51. The predicted octanol–water partition coefficient (Wildman–Crippen LogP) is 6.52. The highest BCUT2D eigenvalue weighted by atomic mass is 35.5. The average molecular weight is 444 g/mol. The van der Waals surface area contributed by atoms with Gasteiger partial charge < -0.3 is 15.0 Å². The number of thiazole rings is 1. The second kappa shape index (κ2) is 10.5. The maximum absolute atomic E-state index is 12.9. The van der Waals surface area contributed by atoms with Crippen LogP contribution in [0.25, 0.3) is 0 Å². The van der Waals surface area contributed by atoms with E-state index in [4.69, 9.17) is 16.3 Å². The summed E-state index contributed by atoms with van der Waals surface area (Å²) in [6.45, 7) is 6.97.